The number of rotatable bonds is 7. The minimum absolute atomic E-state index is 0.0575. The fourth-order valence-electron chi connectivity index (χ4n) is 3.84. The number of hydrogen-bond donors (Lipinski definition) is 1. The van der Waals surface area contributed by atoms with Crippen LogP contribution in [0.5, 0.6) is 0 Å². The van der Waals surface area contributed by atoms with Gasteiger partial charge in [-0.1, -0.05) is 23.9 Å². The van der Waals surface area contributed by atoms with Crippen LogP contribution >= 0.6 is 23.5 Å². The van der Waals surface area contributed by atoms with Gasteiger partial charge in [-0.3, -0.25) is 0 Å². The van der Waals surface area contributed by atoms with E-state index in [0.717, 1.165) is 27.3 Å². The molecule has 0 saturated carbocycles. The molecule has 0 amide bonds. The summed E-state index contributed by atoms with van der Waals surface area (Å²) < 4.78 is 11.4. The van der Waals surface area contributed by atoms with E-state index in [4.69, 9.17) is 15.2 Å². The second kappa shape index (κ2) is 11.6. The third-order valence-electron chi connectivity index (χ3n) is 5.92. The Balaban J connectivity index is 2.13. The average Bonchev–Trinajstić information content (AvgIpc) is 2.85. The largest absolute Gasteiger partial charge is 0.459 e. The summed E-state index contributed by atoms with van der Waals surface area (Å²) in [6, 6.07) is 12.0. The summed E-state index contributed by atoms with van der Waals surface area (Å²) in [4.78, 5) is 19.0. The molecule has 0 saturated heterocycles. The SMILES string of the molecule is CSc1ccc([C@H]2C(C#N)=C(N)OC(CSc3nc(C)c(C)c(C)c3C#N)=C2C(=O)OC(C)C)cc1. The van der Waals surface area contributed by atoms with Crippen LogP contribution < -0.4 is 5.73 Å². The van der Waals surface area contributed by atoms with E-state index in [0.29, 0.717) is 10.6 Å². The van der Waals surface area contributed by atoms with E-state index >= 15 is 0 Å². The van der Waals surface area contributed by atoms with Crippen molar-refractivity contribution in [3.8, 4) is 12.1 Å². The molecule has 0 bridgehead atoms. The Bertz CT molecular complexity index is 1330. The number of nitrogens with two attached hydrogens (primary N) is 1. The van der Waals surface area contributed by atoms with Gasteiger partial charge >= 0.3 is 5.97 Å². The molecule has 9 heteroatoms. The minimum atomic E-state index is -0.744. The fourth-order valence-corrected chi connectivity index (χ4v) is 5.27. The summed E-state index contributed by atoms with van der Waals surface area (Å²) >= 11 is 2.87. The van der Waals surface area contributed by atoms with Crippen molar-refractivity contribution < 1.29 is 14.3 Å². The van der Waals surface area contributed by atoms with Crippen LogP contribution in [-0.4, -0.2) is 29.1 Å². The first kappa shape index (κ1) is 27.2. The molecule has 36 heavy (non-hydrogen) atoms. The van der Waals surface area contributed by atoms with Crippen LogP contribution in [0.25, 0.3) is 0 Å². The molecule has 1 aromatic heterocycles. The molecule has 0 aliphatic carbocycles. The number of esters is 1. The third kappa shape index (κ3) is 5.53. The van der Waals surface area contributed by atoms with Crippen molar-refractivity contribution in [2.45, 2.75) is 56.6 Å². The summed E-state index contributed by atoms with van der Waals surface area (Å²) in [5.74, 6) is -0.929. The number of carbonyl (C=O) groups is 1. The summed E-state index contributed by atoms with van der Waals surface area (Å²) in [7, 11) is 0. The second-order valence-electron chi connectivity index (χ2n) is 8.52. The molecule has 2 aromatic rings. The standard InChI is InChI=1S/C27H28N4O3S2/c1-14(2)33-27(32)24-22(13-36-26-20(11-28)16(4)15(3)17(5)31-26)34-25(30)21(12-29)23(24)18-7-9-19(35-6)10-8-18/h7-10,14,23H,13,30H2,1-6H3/t23-/m0/s1. The summed E-state index contributed by atoms with van der Waals surface area (Å²) in [5, 5.41) is 20.2. The summed E-state index contributed by atoms with van der Waals surface area (Å²) in [6.45, 7) is 9.23. The van der Waals surface area contributed by atoms with Crippen molar-refractivity contribution in [1.82, 2.24) is 4.98 Å². The summed E-state index contributed by atoms with van der Waals surface area (Å²) in [5.41, 5.74) is 10.4. The molecular weight excluding hydrogens is 492 g/mol. The van der Waals surface area contributed by atoms with Crippen LogP contribution in [0.2, 0.25) is 0 Å². The van der Waals surface area contributed by atoms with E-state index in [9.17, 15) is 15.3 Å². The number of aromatic nitrogens is 1. The average molecular weight is 521 g/mol. The molecule has 1 aliphatic heterocycles. The van der Waals surface area contributed by atoms with E-state index < -0.39 is 11.9 Å². The van der Waals surface area contributed by atoms with Gasteiger partial charge in [-0.25, -0.2) is 9.78 Å². The van der Waals surface area contributed by atoms with Crippen LogP contribution in [0.4, 0.5) is 0 Å². The Labute approximate surface area is 220 Å². The van der Waals surface area contributed by atoms with Crippen LogP contribution in [-0.2, 0) is 14.3 Å². The molecule has 1 atom stereocenters. The summed E-state index contributed by atoms with van der Waals surface area (Å²) in [6.07, 6.45) is 1.60. The molecule has 7 nitrogen and oxygen atoms in total. The Morgan fingerprint density at radius 1 is 1.17 bits per heavy atom. The molecule has 0 radical (unpaired) electrons. The van der Waals surface area contributed by atoms with Gasteiger partial charge in [0.05, 0.1) is 28.9 Å². The van der Waals surface area contributed by atoms with Crippen LogP contribution in [0.15, 0.2) is 57.0 Å². The lowest BCUT2D eigenvalue weighted by atomic mass is 9.83. The Hall–Kier alpha value is -3.40. The number of carbonyl (C=O) groups excluding carboxylic acids is 1. The van der Waals surface area contributed by atoms with E-state index in [1.807, 2.05) is 51.3 Å². The Morgan fingerprint density at radius 3 is 2.39 bits per heavy atom. The maximum absolute atomic E-state index is 13.4. The van der Waals surface area contributed by atoms with Crippen LogP contribution in [0.1, 0.15) is 47.7 Å². The molecule has 1 aromatic carbocycles. The smallest absolute Gasteiger partial charge is 0.338 e. The lowest BCUT2D eigenvalue weighted by Gasteiger charge is -2.28. The van der Waals surface area contributed by atoms with Gasteiger partial charge in [-0.05, 0) is 69.7 Å². The Morgan fingerprint density at radius 2 is 1.83 bits per heavy atom. The first-order valence-corrected chi connectivity index (χ1v) is 13.5. The van der Waals surface area contributed by atoms with Crippen molar-refractivity contribution >= 4 is 29.5 Å². The van der Waals surface area contributed by atoms with E-state index in [-0.39, 0.29) is 34.6 Å². The normalized spacial score (nSPS) is 15.4. The number of pyridine rings is 1. The van der Waals surface area contributed by atoms with E-state index in [2.05, 4.69) is 17.1 Å². The highest BCUT2D eigenvalue weighted by molar-refractivity contribution is 7.99. The zero-order valence-corrected chi connectivity index (χ0v) is 22.8. The first-order valence-electron chi connectivity index (χ1n) is 11.3. The molecule has 0 spiro atoms. The van der Waals surface area contributed by atoms with Gasteiger partial charge in [-0.15, -0.1) is 11.8 Å². The molecule has 3 rings (SSSR count). The van der Waals surface area contributed by atoms with Gasteiger partial charge in [0, 0.05) is 10.6 Å². The predicted molar refractivity (Wildman–Crippen MR) is 141 cm³/mol. The number of benzene rings is 1. The number of aryl methyl sites for hydroxylation is 1. The van der Waals surface area contributed by atoms with Gasteiger partial charge in [0.2, 0.25) is 5.88 Å². The molecule has 2 N–H and O–H groups in total. The van der Waals surface area contributed by atoms with Gasteiger partial charge in [-0.2, -0.15) is 10.5 Å². The van der Waals surface area contributed by atoms with Crippen molar-refractivity contribution in [2.75, 3.05) is 12.0 Å². The van der Waals surface area contributed by atoms with Gasteiger partial charge in [0.25, 0.3) is 0 Å². The molecule has 1 aliphatic rings. The van der Waals surface area contributed by atoms with Crippen molar-refractivity contribution in [3.63, 3.8) is 0 Å². The fraction of sp³-hybridized carbons (Fsp3) is 0.333. The highest BCUT2D eigenvalue weighted by atomic mass is 32.2. The molecule has 186 valence electrons. The third-order valence-corrected chi connectivity index (χ3v) is 7.64. The number of nitrogens with zero attached hydrogens (tertiary/aromatic N) is 3. The van der Waals surface area contributed by atoms with Crippen molar-refractivity contribution in [3.05, 3.63) is 75.0 Å². The monoisotopic (exact) mass is 520 g/mol. The molecular formula is C27H28N4O3S2. The number of allylic oxidation sites excluding steroid dienone is 1. The minimum Gasteiger partial charge on any atom is -0.459 e. The van der Waals surface area contributed by atoms with Gasteiger partial charge in [0.1, 0.15) is 28.5 Å². The highest BCUT2D eigenvalue weighted by Gasteiger charge is 2.38. The van der Waals surface area contributed by atoms with Crippen molar-refractivity contribution in [2.24, 2.45) is 5.73 Å². The maximum atomic E-state index is 13.4. The zero-order valence-electron chi connectivity index (χ0n) is 21.1. The van der Waals surface area contributed by atoms with Crippen LogP contribution in [0, 0.1) is 43.4 Å². The lowest BCUT2D eigenvalue weighted by Crippen LogP contribution is -2.28. The zero-order chi connectivity index (χ0) is 26.6. The van der Waals surface area contributed by atoms with E-state index in [1.165, 1.54) is 11.8 Å². The van der Waals surface area contributed by atoms with Crippen molar-refractivity contribution in [1.29, 1.82) is 10.5 Å². The highest BCUT2D eigenvalue weighted by Crippen LogP contribution is 2.42. The number of thioether (sulfide) groups is 2. The number of nitriles is 2. The molecule has 0 unspecified atom stereocenters. The second-order valence-corrected chi connectivity index (χ2v) is 10.4. The lowest BCUT2D eigenvalue weighted by molar-refractivity contribution is -0.143. The maximum Gasteiger partial charge on any atom is 0.338 e. The quantitative estimate of drug-likeness (QED) is 0.377. The van der Waals surface area contributed by atoms with Gasteiger partial charge < -0.3 is 15.2 Å². The first-order chi connectivity index (χ1) is 17.1. The Kier molecular flexibility index (Phi) is 8.73. The topological polar surface area (TPSA) is 122 Å². The van der Waals surface area contributed by atoms with Crippen LogP contribution in [0.3, 0.4) is 0 Å². The predicted octanol–water partition coefficient (Wildman–Crippen LogP) is 5.41. The van der Waals surface area contributed by atoms with Gasteiger partial charge in [0.15, 0.2) is 0 Å². The number of ether oxygens (including phenoxy) is 2. The van der Waals surface area contributed by atoms with E-state index in [1.54, 1.807) is 25.6 Å². The molecule has 0 fully saturated rings. The molecule has 2 heterocycles. The number of hydrogen-bond acceptors (Lipinski definition) is 9.